The maximum absolute atomic E-state index is 2.56. The Kier molecular flexibility index (Phi) is 5.32. The first-order chi connectivity index (χ1) is 8.29. The van der Waals surface area contributed by atoms with Gasteiger partial charge in [-0.1, -0.05) is 68.2 Å². The van der Waals surface area contributed by atoms with Gasteiger partial charge < -0.3 is 0 Å². The summed E-state index contributed by atoms with van der Waals surface area (Å²) in [5.74, 6) is 5.39. The van der Waals surface area contributed by atoms with Crippen molar-refractivity contribution in [3.8, 4) is 0 Å². The van der Waals surface area contributed by atoms with Gasteiger partial charge in [0.25, 0.3) is 0 Å². The Hall–Kier alpha value is 0. The van der Waals surface area contributed by atoms with Gasteiger partial charge in [-0.05, 0) is 47.3 Å². The summed E-state index contributed by atoms with van der Waals surface area (Å²) in [7, 11) is 0. The molecule has 1 rings (SSSR count). The van der Waals surface area contributed by atoms with Crippen molar-refractivity contribution in [2.24, 2.45) is 40.9 Å². The van der Waals surface area contributed by atoms with Crippen molar-refractivity contribution in [1.29, 1.82) is 0 Å². The van der Waals surface area contributed by atoms with E-state index >= 15 is 0 Å². The number of hydrogen-bond acceptors (Lipinski definition) is 0. The van der Waals surface area contributed by atoms with Crippen LogP contribution in [-0.4, -0.2) is 0 Å². The van der Waals surface area contributed by atoms with E-state index in [1.54, 1.807) is 0 Å². The molecule has 0 aliphatic heterocycles. The molecule has 0 N–H and O–H groups in total. The lowest BCUT2D eigenvalue weighted by Crippen LogP contribution is -2.29. The maximum atomic E-state index is 2.56. The second-order valence-electron chi connectivity index (χ2n) is 7.67. The lowest BCUT2D eigenvalue weighted by molar-refractivity contribution is 0.127. The molecule has 6 atom stereocenters. The summed E-state index contributed by atoms with van der Waals surface area (Å²) in [6.45, 7) is 19.5. The minimum atomic E-state index is 0.638. The molecule has 0 amide bonds. The van der Waals surface area contributed by atoms with Crippen molar-refractivity contribution in [3.63, 3.8) is 0 Å². The first-order valence-electron chi connectivity index (χ1n) is 8.29. The second kappa shape index (κ2) is 5.97. The van der Waals surface area contributed by atoms with E-state index in [1.165, 1.54) is 19.3 Å². The minimum Gasteiger partial charge on any atom is -0.0651 e. The molecule has 0 heteroatoms. The quantitative estimate of drug-likeness (QED) is 0.520. The predicted molar refractivity (Wildman–Crippen MR) is 82.6 cm³/mol. The SMILES string of the molecule is CCC(C)C1CC1(C)C(C)C(CC)C(C)C(C)C. The van der Waals surface area contributed by atoms with E-state index in [0.717, 1.165) is 35.5 Å². The fourth-order valence-electron chi connectivity index (χ4n) is 4.24. The maximum Gasteiger partial charge on any atom is -0.0263 e. The Labute approximate surface area is 116 Å². The molecule has 1 aliphatic rings. The zero-order valence-corrected chi connectivity index (χ0v) is 14.1. The molecule has 0 bridgehead atoms. The Morgan fingerprint density at radius 2 is 1.56 bits per heavy atom. The Balaban J connectivity index is 2.71. The Morgan fingerprint density at radius 1 is 1.00 bits per heavy atom. The van der Waals surface area contributed by atoms with Crippen molar-refractivity contribution in [1.82, 2.24) is 0 Å². The molecule has 18 heavy (non-hydrogen) atoms. The Bertz CT molecular complexity index is 255. The summed E-state index contributed by atoms with van der Waals surface area (Å²) in [6, 6.07) is 0. The molecule has 6 unspecified atom stereocenters. The zero-order chi connectivity index (χ0) is 14.1. The summed E-state index contributed by atoms with van der Waals surface area (Å²) < 4.78 is 0. The van der Waals surface area contributed by atoms with E-state index in [9.17, 15) is 0 Å². The van der Waals surface area contributed by atoms with E-state index in [2.05, 4.69) is 55.4 Å². The fraction of sp³-hybridized carbons (Fsp3) is 1.00. The van der Waals surface area contributed by atoms with Crippen molar-refractivity contribution in [3.05, 3.63) is 0 Å². The van der Waals surface area contributed by atoms with Crippen LogP contribution in [0.15, 0.2) is 0 Å². The summed E-state index contributed by atoms with van der Waals surface area (Å²) in [5, 5.41) is 0. The molecule has 0 aromatic carbocycles. The van der Waals surface area contributed by atoms with Gasteiger partial charge in [0.05, 0.1) is 0 Å². The highest BCUT2D eigenvalue weighted by molar-refractivity contribution is 5.05. The normalized spacial score (nSPS) is 34.2. The van der Waals surface area contributed by atoms with Gasteiger partial charge in [-0.25, -0.2) is 0 Å². The van der Waals surface area contributed by atoms with Gasteiger partial charge >= 0.3 is 0 Å². The van der Waals surface area contributed by atoms with Crippen LogP contribution in [0.2, 0.25) is 0 Å². The van der Waals surface area contributed by atoms with E-state index in [4.69, 9.17) is 0 Å². The third-order valence-electron chi connectivity index (χ3n) is 6.56. The van der Waals surface area contributed by atoms with E-state index in [0.29, 0.717) is 5.41 Å². The highest BCUT2D eigenvalue weighted by Crippen LogP contribution is 2.64. The highest BCUT2D eigenvalue weighted by Gasteiger charge is 2.56. The molecule has 0 aromatic heterocycles. The third-order valence-corrected chi connectivity index (χ3v) is 6.56. The van der Waals surface area contributed by atoms with Gasteiger partial charge in [-0.15, -0.1) is 0 Å². The van der Waals surface area contributed by atoms with Crippen LogP contribution in [0.1, 0.15) is 74.7 Å². The molecule has 0 saturated heterocycles. The molecule has 0 radical (unpaired) electrons. The van der Waals surface area contributed by atoms with Crippen LogP contribution in [-0.2, 0) is 0 Å². The van der Waals surface area contributed by atoms with Crippen molar-refractivity contribution >= 4 is 0 Å². The van der Waals surface area contributed by atoms with Crippen LogP contribution in [0.3, 0.4) is 0 Å². The zero-order valence-electron chi connectivity index (χ0n) is 14.1. The van der Waals surface area contributed by atoms with Gasteiger partial charge in [0.15, 0.2) is 0 Å². The van der Waals surface area contributed by atoms with Crippen LogP contribution < -0.4 is 0 Å². The molecular formula is C18H36. The lowest BCUT2D eigenvalue weighted by atomic mass is 9.69. The van der Waals surface area contributed by atoms with Crippen LogP contribution in [0.25, 0.3) is 0 Å². The van der Waals surface area contributed by atoms with Crippen molar-refractivity contribution in [2.75, 3.05) is 0 Å². The molecule has 1 fully saturated rings. The van der Waals surface area contributed by atoms with Gasteiger partial charge in [-0.3, -0.25) is 0 Å². The molecular weight excluding hydrogens is 216 g/mol. The highest BCUT2D eigenvalue weighted by atomic mass is 14.6. The fourth-order valence-corrected chi connectivity index (χ4v) is 4.24. The van der Waals surface area contributed by atoms with Gasteiger partial charge in [-0.2, -0.15) is 0 Å². The smallest absolute Gasteiger partial charge is 0.0263 e. The molecule has 0 heterocycles. The molecule has 0 spiro atoms. The first-order valence-corrected chi connectivity index (χ1v) is 8.29. The Morgan fingerprint density at radius 3 is 1.94 bits per heavy atom. The summed E-state index contributed by atoms with van der Waals surface area (Å²) in [5.41, 5.74) is 0.638. The van der Waals surface area contributed by atoms with Gasteiger partial charge in [0, 0.05) is 0 Å². The average molecular weight is 252 g/mol. The molecule has 0 nitrogen and oxygen atoms in total. The van der Waals surface area contributed by atoms with E-state index < -0.39 is 0 Å². The molecule has 108 valence electrons. The molecule has 1 aliphatic carbocycles. The average Bonchev–Trinajstić information content (AvgIpc) is 3.02. The third kappa shape index (κ3) is 2.94. The molecule has 0 aromatic rings. The number of rotatable bonds is 7. The lowest BCUT2D eigenvalue weighted by Gasteiger charge is -2.36. The van der Waals surface area contributed by atoms with E-state index in [-0.39, 0.29) is 0 Å². The van der Waals surface area contributed by atoms with Gasteiger partial charge in [0.1, 0.15) is 0 Å². The summed E-state index contributed by atoms with van der Waals surface area (Å²) in [4.78, 5) is 0. The van der Waals surface area contributed by atoms with E-state index in [1.807, 2.05) is 0 Å². The topological polar surface area (TPSA) is 0 Å². The monoisotopic (exact) mass is 252 g/mol. The van der Waals surface area contributed by atoms with Crippen molar-refractivity contribution < 1.29 is 0 Å². The number of hydrogen-bond donors (Lipinski definition) is 0. The largest absolute Gasteiger partial charge is 0.0651 e. The predicted octanol–water partition coefficient (Wildman–Crippen LogP) is 6.01. The van der Waals surface area contributed by atoms with Crippen LogP contribution in [0.4, 0.5) is 0 Å². The van der Waals surface area contributed by atoms with Crippen LogP contribution in [0.5, 0.6) is 0 Å². The van der Waals surface area contributed by atoms with Crippen LogP contribution >= 0.6 is 0 Å². The minimum absolute atomic E-state index is 0.638. The standard InChI is InChI=1S/C18H36/c1-9-13(5)17-11-18(17,8)15(7)16(10-2)14(6)12(3)4/h12-17H,9-11H2,1-8H3. The first kappa shape index (κ1) is 16.1. The summed E-state index contributed by atoms with van der Waals surface area (Å²) in [6.07, 6.45) is 4.18. The second-order valence-corrected chi connectivity index (χ2v) is 7.67. The van der Waals surface area contributed by atoms with Crippen molar-refractivity contribution in [2.45, 2.75) is 74.7 Å². The summed E-state index contributed by atoms with van der Waals surface area (Å²) >= 11 is 0. The van der Waals surface area contributed by atoms with Gasteiger partial charge in [0.2, 0.25) is 0 Å². The van der Waals surface area contributed by atoms with Crippen LogP contribution in [0, 0.1) is 40.9 Å². The molecule has 1 saturated carbocycles.